The van der Waals surface area contributed by atoms with Gasteiger partial charge in [0.15, 0.2) is 11.5 Å². The molecule has 3 rings (SSSR count). The van der Waals surface area contributed by atoms with Crippen LogP contribution in [0.3, 0.4) is 0 Å². The lowest BCUT2D eigenvalue weighted by Crippen LogP contribution is -2.38. The van der Waals surface area contributed by atoms with Crippen molar-refractivity contribution in [2.75, 3.05) is 6.54 Å². The van der Waals surface area contributed by atoms with E-state index in [4.69, 9.17) is 0 Å². The van der Waals surface area contributed by atoms with Gasteiger partial charge >= 0.3 is 6.03 Å². The largest absolute Gasteiger partial charge is 0.338 e. The molecule has 0 saturated heterocycles. The summed E-state index contributed by atoms with van der Waals surface area (Å²) in [4.78, 5) is 12.0. The molecule has 23 heavy (non-hydrogen) atoms. The molecule has 0 aliphatic carbocycles. The van der Waals surface area contributed by atoms with E-state index in [0.29, 0.717) is 12.4 Å². The second-order valence-corrected chi connectivity index (χ2v) is 5.34. The lowest BCUT2D eigenvalue weighted by molar-refractivity contribution is 0.237. The Kier molecular flexibility index (Phi) is 4.52. The Morgan fingerprint density at radius 1 is 1.13 bits per heavy atom. The number of nitrogens with zero attached hydrogens (tertiary/aromatic N) is 3. The summed E-state index contributed by atoms with van der Waals surface area (Å²) in [6, 6.07) is 15.3. The molecule has 0 spiro atoms. The predicted octanol–water partition coefficient (Wildman–Crippen LogP) is 2.33. The highest BCUT2D eigenvalue weighted by Crippen LogP contribution is 2.11. The van der Waals surface area contributed by atoms with Crippen LogP contribution in [0.25, 0.3) is 5.65 Å². The maximum absolute atomic E-state index is 12.0. The molecule has 6 nitrogen and oxygen atoms in total. The summed E-state index contributed by atoms with van der Waals surface area (Å²) in [6.45, 7) is 2.48. The minimum absolute atomic E-state index is 0.207. The molecule has 0 aliphatic rings. The third-order valence-electron chi connectivity index (χ3n) is 3.62. The molecule has 0 saturated carbocycles. The van der Waals surface area contributed by atoms with Gasteiger partial charge in [-0.3, -0.25) is 4.40 Å². The average molecular weight is 309 g/mol. The lowest BCUT2D eigenvalue weighted by atomic mass is 10.1. The normalized spacial score (nSPS) is 12.0. The Hall–Kier alpha value is -2.89. The van der Waals surface area contributed by atoms with Crippen molar-refractivity contribution in [3.05, 3.63) is 66.1 Å². The zero-order valence-electron chi connectivity index (χ0n) is 12.9. The molecular weight excluding hydrogens is 290 g/mol. The van der Waals surface area contributed by atoms with E-state index in [1.54, 1.807) is 0 Å². The third kappa shape index (κ3) is 3.66. The van der Waals surface area contributed by atoms with Crippen LogP contribution in [0, 0.1) is 0 Å². The Labute approximate surface area is 134 Å². The van der Waals surface area contributed by atoms with Gasteiger partial charge in [0.1, 0.15) is 0 Å². The van der Waals surface area contributed by atoms with Crippen LogP contribution >= 0.6 is 0 Å². The molecule has 1 aromatic carbocycles. The minimum Gasteiger partial charge on any atom is -0.338 e. The van der Waals surface area contributed by atoms with E-state index >= 15 is 0 Å². The predicted molar refractivity (Wildman–Crippen MR) is 88.1 cm³/mol. The first-order valence-electron chi connectivity index (χ1n) is 7.62. The van der Waals surface area contributed by atoms with Crippen molar-refractivity contribution in [1.29, 1.82) is 0 Å². The van der Waals surface area contributed by atoms with Crippen LogP contribution in [0.15, 0.2) is 54.7 Å². The van der Waals surface area contributed by atoms with E-state index in [0.717, 1.165) is 12.1 Å². The number of rotatable bonds is 5. The fraction of sp³-hybridized carbons (Fsp3) is 0.235. The maximum Gasteiger partial charge on any atom is 0.315 e. The van der Waals surface area contributed by atoms with E-state index in [2.05, 4.69) is 20.8 Å². The molecule has 0 aliphatic heterocycles. The second kappa shape index (κ2) is 6.91. The summed E-state index contributed by atoms with van der Waals surface area (Å²) in [7, 11) is 0. The van der Waals surface area contributed by atoms with Gasteiger partial charge in [-0.2, -0.15) is 0 Å². The summed E-state index contributed by atoms with van der Waals surface area (Å²) in [5.41, 5.74) is 1.96. The Bertz CT molecular complexity index is 784. The van der Waals surface area contributed by atoms with Crippen LogP contribution in [0.4, 0.5) is 4.79 Å². The molecule has 6 heteroatoms. The van der Waals surface area contributed by atoms with Crippen LogP contribution in [0.5, 0.6) is 0 Å². The molecule has 0 radical (unpaired) electrons. The molecule has 2 heterocycles. The highest BCUT2D eigenvalue weighted by atomic mass is 16.2. The molecule has 2 amide bonds. The van der Waals surface area contributed by atoms with Gasteiger partial charge in [-0.25, -0.2) is 4.79 Å². The van der Waals surface area contributed by atoms with Crippen LogP contribution in [-0.4, -0.2) is 27.2 Å². The summed E-state index contributed by atoms with van der Waals surface area (Å²) in [5.74, 6) is 0.707. The first-order chi connectivity index (χ1) is 11.2. The Morgan fingerprint density at radius 3 is 2.74 bits per heavy atom. The smallest absolute Gasteiger partial charge is 0.315 e. The van der Waals surface area contributed by atoms with Gasteiger partial charge in [-0.1, -0.05) is 36.4 Å². The number of aromatic nitrogens is 3. The van der Waals surface area contributed by atoms with Gasteiger partial charge in [0, 0.05) is 12.7 Å². The molecule has 118 valence electrons. The van der Waals surface area contributed by atoms with Gasteiger partial charge in [0.05, 0.1) is 6.04 Å². The number of benzene rings is 1. The monoisotopic (exact) mass is 309 g/mol. The molecule has 2 aromatic heterocycles. The number of amides is 2. The number of hydrogen-bond donors (Lipinski definition) is 2. The first-order valence-corrected chi connectivity index (χ1v) is 7.62. The number of nitrogens with one attached hydrogen (secondary N) is 2. The van der Waals surface area contributed by atoms with E-state index < -0.39 is 0 Å². The molecular formula is C17H19N5O. The molecule has 0 bridgehead atoms. The fourth-order valence-electron chi connectivity index (χ4n) is 2.43. The van der Waals surface area contributed by atoms with Crippen molar-refractivity contribution < 1.29 is 4.79 Å². The highest BCUT2D eigenvalue weighted by Gasteiger charge is 2.15. The Balaban J connectivity index is 1.53. The van der Waals surface area contributed by atoms with Crippen LogP contribution in [-0.2, 0) is 6.42 Å². The standard InChI is InChI=1S/C17H19N5O/c1-13(16-21-20-15-9-5-6-12-22(15)16)19-17(23)18-11-10-14-7-3-2-4-8-14/h2-9,12-13H,10-11H2,1H3,(H2,18,19,23). The van der Waals surface area contributed by atoms with E-state index in [-0.39, 0.29) is 12.1 Å². The topological polar surface area (TPSA) is 71.3 Å². The lowest BCUT2D eigenvalue weighted by Gasteiger charge is -2.13. The summed E-state index contributed by atoms with van der Waals surface area (Å²) in [6.07, 6.45) is 2.69. The molecule has 1 unspecified atom stereocenters. The second-order valence-electron chi connectivity index (χ2n) is 5.34. The van der Waals surface area contributed by atoms with Crippen molar-refractivity contribution in [3.63, 3.8) is 0 Å². The zero-order chi connectivity index (χ0) is 16.1. The highest BCUT2D eigenvalue weighted by molar-refractivity contribution is 5.74. The van der Waals surface area contributed by atoms with Crippen molar-refractivity contribution in [2.45, 2.75) is 19.4 Å². The van der Waals surface area contributed by atoms with E-state index in [1.807, 2.05) is 66.1 Å². The molecule has 2 N–H and O–H groups in total. The molecule has 1 atom stereocenters. The van der Waals surface area contributed by atoms with Gasteiger partial charge in [-0.05, 0) is 31.0 Å². The van der Waals surface area contributed by atoms with E-state index in [9.17, 15) is 4.79 Å². The maximum atomic E-state index is 12.0. The third-order valence-corrected chi connectivity index (χ3v) is 3.62. The SMILES string of the molecule is CC(NC(=O)NCCc1ccccc1)c1nnc2ccccn12. The number of pyridine rings is 1. The molecule has 0 fully saturated rings. The molecule has 3 aromatic rings. The summed E-state index contributed by atoms with van der Waals surface area (Å²) < 4.78 is 1.87. The summed E-state index contributed by atoms with van der Waals surface area (Å²) >= 11 is 0. The van der Waals surface area contributed by atoms with Crippen LogP contribution in [0.2, 0.25) is 0 Å². The van der Waals surface area contributed by atoms with Gasteiger partial charge in [-0.15, -0.1) is 10.2 Å². The number of hydrogen-bond acceptors (Lipinski definition) is 3. The summed E-state index contributed by atoms with van der Waals surface area (Å²) in [5, 5.41) is 14.0. The first kappa shape index (κ1) is 15.0. The minimum atomic E-state index is -0.232. The van der Waals surface area contributed by atoms with Crippen LogP contribution in [0.1, 0.15) is 24.4 Å². The van der Waals surface area contributed by atoms with Crippen molar-refractivity contribution in [1.82, 2.24) is 25.2 Å². The van der Waals surface area contributed by atoms with Crippen molar-refractivity contribution >= 4 is 11.7 Å². The number of fused-ring (bicyclic) bond motifs is 1. The average Bonchev–Trinajstić information content (AvgIpc) is 3.00. The van der Waals surface area contributed by atoms with Crippen molar-refractivity contribution in [2.24, 2.45) is 0 Å². The van der Waals surface area contributed by atoms with Gasteiger partial charge in [0.25, 0.3) is 0 Å². The van der Waals surface area contributed by atoms with Crippen molar-refractivity contribution in [3.8, 4) is 0 Å². The van der Waals surface area contributed by atoms with Crippen LogP contribution < -0.4 is 10.6 Å². The van der Waals surface area contributed by atoms with Gasteiger partial charge in [0.2, 0.25) is 0 Å². The number of urea groups is 1. The van der Waals surface area contributed by atoms with Gasteiger partial charge < -0.3 is 10.6 Å². The Morgan fingerprint density at radius 2 is 1.91 bits per heavy atom. The zero-order valence-corrected chi connectivity index (χ0v) is 12.9. The number of carbonyl (C=O) groups is 1. The van der Waals surface area contributed by atoms with E-state index in [1.165, 1.54) is 5.56 Å². The number of carbonyl (C=O) groups excluding carboxylic acids is 1. The fourth-order valence-corrected chi connectivity index (χ4v) is 2.43. The quantitative estimate of drug-likeness (QED) is 0.760.